The third-order valence-corrected chi connectivity index (χ3v) is 2.31. The van der Waals surface area contributed by atoms with E-state index in [1.807, 2.05) is 31.3 Å². The minimum Gasteiger partial charge on any atom is -0.443 e. The molecule has 1 aromatic carbocycles. The van der Waals surface area contributed by atoms with Crippen molar-refractivity contribution in [1.29, 1.82) is 0 Å². The summed E-state index contributed by atoms with van der Waals surface area (Å²) in [6.07, 6.45) is 1.45. The summed E-state index contributed by atoms with van der Waals surface area (Å²) in [6.45, 7) is 0.679. The van der Waals surface area contributed by atoms with Gasteiger partial charge in [0.05, 0.1) is 0 Å². The number of aromatic nitrogens is 1. The van der Waals surface area contributed by atoms with Crippen molar-refractivity contribution in [2.75, 3.05) is 7.05 Å². The van der Waals surface area contributed by atoms with Crippen molar-refractivity contribution >= 4 is 11.6 Å². The normalized spacial score (nSPS) is 10.5. The quantitative estimate of drug-likeness (QED) is 0.868. The minimum atomic E-state index is 0.679. The van der Waals surface area contributed by atoms with Gasteiger partial charge in [0, 0.05) is 17.1 Å². The molecule has 15 heavy (non-hydrogen) atoms. The summed E-state index contributed by atoms with van der Waals surface area (Å²) < 4.78 is 5.35. The number of oxazole rings is 1. The van der Waals surface area contributed by atoms with Gasteiger partial charge in [-0.15, -0.1) is 0 Å². The maximum atomic E-state index is 5.91. The SMILES string of the molecule is CNCc1ncoc1-c1cccc(Cl)c1. The second kappa shape index (κ2) is 4.47. The van der Waals surface area contributed by atoms with Gasteiger partial charge in [-0.1, -0.05) is 23.7 Å². The van der Waals surface area contributed by atoms with Gasteiger partial charge in [0.1, 0.15) is 5.69 Å². The largest absolute Gasteiger partial charge is 0.443 e. The molecule has 2 rings (SSSR count). The summed E-state index contributed by atoms with van der Waals surface area (Å²) >= 11 is 5.91. The van der Waals surface area contributed by atoms with E-state index >= 15 is 0 Å². The summed E-state index contributed by atoms with van der Waals surface area (Å²) in [4.78, 5) is 4.14. The molecule has 0 radical (unpaired) electrons. The fourth-order valence-electron chi connectivity index (χ4n) is 1.43. The first-order chi connectivity index (χ1) is 7.31. The lowest BCUT2D eigenvalue weighted by atomic mass is 10.1. The molecule has 1 N–H and O–H groups in total. The van der Waals surface area contributed by atoms with Gasteiger partial charge >= 0.3 is 0 Å². The highest BCUT2D eigenvalue weighted by molar-refractivity contribution is 6.30. The first kappa shape index (κ1) is 10.2. The van der Waals surface area contributed by atoms with Crippen LogP contribution < -0.4 is 5.32 Å². The summed E-state index contributed by atoms with van der Waals surface area (Å²) in [5, 5.41) is 3.73. The Kier molecular flexibility index (Phi) is 3.04. The zero-order valence-corrected chi connectivity index (χ0v) is 9.08. The first-order valence-corrected chi connectivity index (χ1v) is 5.02. The van der Waals surface area contributed by atoms with Crippen LogP contribution in [0.2, 0.25) is 5.02 Å². The van der Waals surface area contributed by atoms with Crippen molar-refractivity contribution in [3.05, 3.63) is 41.4 Å². The Morgan fingerprint density at radius 3 is 3.07 bits per heavy atom. The lowest BCUT2D eigenvalue weighted by Crippen LogP contribution is -2.06. The molecule has 0 atom stereocenters. The van der Waals surface area contributed by atoms with Gasteiger partial charge in [0.15, 0.2) is 12.2 Å². The smallest absolute Gasteiger partial charge is 0.181 e. The van der Waals surface area contributed by atoms with Crippen LogP contribution in [0.25, 0.3) is 11.3 Å². The van der Waals surface area contributed by atoms with Crippen LogP contribution in [0.1, 0.15) is 5.69 Å². The van der Waals surface area contributed by atoms with Crippen LogP contribution in [0.3, 0.4) is 0 Å². The summed E-state index contributed by atoms with van der Waals surface area (Å²) in [5.74, 6) is 0.770. The fraction of sp³-hybridized carbons (Fsp3) is 0.182. The highest BCUT2D eigenvalue weighted by Crippen LogP contribution is 2.25. The molecule has 1 aromatic heterocycles. The van der Waals surface area contributed by atoms with Crippen molar-refractivity contribution in [3.8, 4) is 11.3 Å². The van der Waals surface area contributed by atoms with E-state index in [4.69, 9.17) is 16.0 Å². The third-order valence-electron chi connectivity index (χ3n) is 2.07. The molecule has 78 valence electrons. The molecule has 0 bridgehead atoms. The summed E-state index contributed by atoms with van der Waals surface area (Å²) in [7, 11) is 1.87. The second-order valence-electron chi connectivity index (χ2n) is 3.17. The van der Waals surface area contributed by atoms with E-state index in [9.17, 15) is 0 Å². The zero-order valence-electron chi connectivity index (χ0n) is 8.33. The number of nitrogens with one attached hydrogen (secondary N) is 1. The highest BCUT2D eigenvalue weighted by Gasteiger charge is 2.09. The van der Waals surface area contributed by atoms with E-state index in [2.05, 4.69) is 10.3 Å². The average Bonchev–Trinajstić information content (AvgIpc) is 2.66. The number of rotatable bonds is 3. The van der Waals surface area contributed by atoms with E-state index in [0.717, 1.165) is 17.0 Å². The number of hydrogen-bond donors (Lipinski definition) is 1. The molecule has 0 fully saturated rings. The highest BCUT2D eigenvalue weighted by atomic mass is 35.5. The van der Waals surface area contributed by atoms with Gasteiger partial charge in [-0.25, -0.2) is 4.98 Å². The average molecular weight is 223 g/mol. The topological polar surface area (TPSA) is 38.1 Å². The molecule has 0 saturated carbocycles. The van der Waals surface area contributed by atoms with Gasteiger partial charge in [-0.3, -0.25) is 0 Å². The lowest BCUT2D eigenvalue weighted by molar-refractivity contribution is 0.570. The van der Waals surface area contributed by atoms with Gasteiger partial charge in [-0.2, -0.15) is 0 Å². The third kappa shape index (κ3) is 2.19. The van der Waals surface area contributed by atoms with Crippen molar-refractivity contribution < 1.29 is 4.42 Å². The lowest BCUT2D eigenvalue weighted by Gasteiger charge is -2.00. The second-order valence-corrected chi connectivity index (χ2v) is 3.61. The Morgan fingerprint density at radius 2 is 2.33 bits per heavy atom. The van der Waals surface area contributed by atoms with Crippen LogP contribution in [-0.4, -0.2) is 12.0 Å². The molecule has 2 aromatic rings. The maximum absolute atomic E-state index is 5.91. The fourth-order valence-corrected chi connectivity index (χ4v) is 1.62. The van der Waals surface area contributed by atoms with Crippen LogP contribution in [-0.2, 0) is 6.54 Å². The standard InChI is InChI=1S/C11H11ClN2O/c1-13-6-10-11(15-7-14-10)8-3-2-4-9(12)5-8/h2-5,7,13H,6H2,1H3. The number of halogens is 1. The molecular formula is C11H11ClN2O. The Morgan fingerprint density at radius 1 is 1.47 bits per heavy atom. The molecule has 0 saturated heterocycles. The minimum absolute atomic E-state index is 0.679. The Labute approximate surface area is 93.1 Å². The maximum Gasteiger partial charge on any atom is 0.181 e. The van der Waals surface area contributed by atoms with E-state index in [0.29, 0.717) is 11.6 Å². The Balaban J connectivity index is 2.40. The number of nitrogens with zero attached hydrogens (tertiary/aromatic N) is 1. The van der Waals surface area contributed by atoms with Crippen LogP contribution in [0.15, 0.2) is 35.1 Å². The predicted molar refractivity (Wildman–Crippen MR) is 59.7 cm³/mol. The van der Waals surface area contributed by atoms with E-state index in [-0.39, 0.29) is 0 Å². The first-order valence-electron chi connectivity index (χ1n) is 4.64. The Hall–Kier alpha value is -1.32. The van der Waals surface area contributed by atoms with Crippen LogP contribution in [0.5, 0.6) is 0 Å². The van der Waals surface area contributed by atoms with Gasteiger partial charge < -0.3 is 9.73 Å². The van der Waals surface area contributed by atoms with Gasteiger partial charge in [-0.05, 0) is 19.2 Å². The van der Waals surface area contributed by atoms with Crippen molar-refractivity contribution in [1.82, 2.24) is 10.3 Å². The molecule has 0 aliphatic carbocycles. The number of benzene rings is 1. The van der Waals surface area contributed by atoms with Gasteiger partial charge in [0.2, 0.25) is 0 Å². The summed E-state index contributed by atoms with van der Waals surface area (Å²) in [5.41, 5.74) is 1.84. The van der Waals surface area contributed by atoms with E-state index in [1.54, 1.807) is 0 Å². The van der Waals surface area contributed by atoms with E-state index < -0.39 is 0 Å². The molecule has 3 nitrogen and oxygen atoms in total. The van der Waals surface area contributed by atoms with E-state index in [1.165, 1.54) is 6.39 Å². The molecule has 0 aliphatic rings. The Bertz CT molecular complexity index is 453. The number of hydrogen-bond acceptors (Lipinski definition) is 3. The molecule has 1 heterocycles. The monoisotopic (exact) mass is 222 g/mol. The van der Waals surface area contributed by atoms with Crippen LogP contribution >= 0.6 is 11.6 Å². The molecule has 0 aliphatic heterocycles. The molecule has 4 heteroatoms. The molecule has 0 unspecified atom stereocenters. The van der Waals surface area contributed by atoms with Crippen molar-refractivity contribution in [2.45, 2.75) is 6.54 Å². The van der Waals surface area contributed by atoms with Gasteiger partial charge in [0.25, 0.3) is 0 Å². The van der Waals surface area contributed by atoms with Crippen LogP contribution in [0, 0.1) is 0 Å². The summed E-state index contributed by atoms with van der Waals surface area (Å²) in [6, 6.07) is 7.54. The molecular weight excluding hydrogens is 212 g/mol. The van der Waals surface area contributed by atoms with Crippen molar-refractivity contribution in [2.24, 2.45) is 0 Å². The predicted octanol–water partition coefficient (Wildman–Crippen LogP) is 2.71. The molecule has 0 amide bonds. The molecule has 0 spiro atoms. The zero-order chi connectivity index (χ0) is 10.7. The van der Waals surface area contributed by atoms with Crippen LogP contribution in [0.4, 0.5) is 0 Å². The van der Waals surface area contributed by atoms with Crippen molar-refractivity contribution in [3.63, 3.8) is 0 Å².